The number of alkyl halides is 2. The van der Waals surface area contributed by atoms with E-state index in [2.05, 4.69) is 4.98 Å². The average molecular weight is 315 g/mol. The van der Waals surface area contributed by atoms with Crippen molar-refractivity contribution in [2.24, 2.45) is 0 Å². The van der Waals surface area contributed by atoms with Crippen LogP contribution in [0.2, 0.25) is 0 Å². The van der Waals surface area contributed by atoms with Crippen LogP contribution in [0.5, 0.6) is 0 Å². The Labute approximate surface area is 124 Å². The summed E-state index contributed by atoms with van der Waals surface area (Å²) < 4.78 is 33.4. The molecule has 0 aliphatic carbocycles. The van der Waals surface area contributed by atoms with Crippen LogP contribution in [0.4, 0.5) is 14.6 Å². The van der Waals surface area contributed by atoms with Gasteiger partial charge in [-0.3, -0.25) is 4.57 Å². The second kappa shape index (κ2) is 6.00. The molecule has 0 saturated carbocycles. The molecule has 120 valence electrons. The minimum Gasteiger partial charge on any atom is -0.394 e. The summed E-state index contributed by atoms with van der Waals surface area (Å²) in [6, 6.07) is 1.31. The fourth-order valence-electron chi connectivity index (χ4n) is 2.37. The summed E-state index contributed by atoms with van der Waals surface area (Å²) in [5.74, 6) is 3.76. The lowest BCUT2D eigenvalue weighted by atomic mass is 9.96. The van der Waals surface area contributed by atoms with Gasteiger partial charge in [-0.2, -0.15) is 4.98 Å². The smallest absolute Gasteiger partial charge is 0.351 e. The number of aromatic nitrogens is 2. The van der Waals surface area contributed by atoms with Crippen LogP contribution in [-0.2, 0) is 4.74 Å². The number of hydrogen-bond acceptors (Lipinski definition) is 6. The highest BCUT2D eigenvalue weighted by molar-refractivity contribution is 5.30. The first kappa shape index (κ1) is 16.4. The van der Waals surface area contributed by atoms with Gasteiger partial charge in [-0.05, 0) is 13.0 Å². The highest BCUT2D eigenvalue weighted by atomic mass is 19.1. The first-order valence-electron chi connectivity index (χ1n) is 6.40. The molecule has 0 amide bonds. The van der Waals surface area contributed by atoms with E-state index in [9.17, 15) is 14.3 Å². The SMILES string of the molecule is Cc1cc(N)nc(=O)n1C1OC(CO)C(O)C1(F)C#CCF. The summed E-state index contributed by atoms with van der Waals surface area (Å²) >= 11 is 0. The highest BCUT2D eigenvalue weighted by Crippen LogP contribution is 2.41. The molecule has 1 aromatic rings. The number of aliphatic hydroxyl groups excluding tert-OH is 2. The summed E-state index contributed by atoms with van der Waals surface area (Å²) in [5.41, 5.74) is 1.97. The van der Waals surface area contributed by atoms with Gasteiger partial charge in [-0.15, -0.1) is 0 Å². The molecule has 2 heterocycles. The minimum atomic E-state index is -2.77. The van der Waals surface area contributed by atoms with E-state index in [1.165, 1.54) is 13.0 Å². The third-order valence-electron chi connectivity index (χ3n) is 3.37. The molecular weight excluding hydrogens is 300 g/mol. The van der Waals surface area contributed by atoms with Gasteiger partial charge in [0, 0.05) is 5.69 Å². The van der Waals surface area contributed by atoms with E-state index in [0.717, 1.165) is 4.57 Å². The van der Waals surface area contributed by atoms with Crippen LogP contribution in [0.15, 0.2) is 10.9 Å². The highest BCUT2D eigenvalue weighted by Gasteiger charge is 2.58. The molecule has 22 heavy (non-hydrogen) atoms. The van der Waals surface area contributed by atoms with E-state index in [0.29, 0.717) is 0 Å². The Bertz CT molecular complexity index is 684. The van der Waals surface area contributed by atoms with E-state index in [1.807, 2.05) is 11.8 Å². The molecule has 0 bridgehead atoms. The van der Waals surface area contributed by atoms with Gasteiger partial charge in [-0.25, -0.2) is 13.6 Å². The topological polar surface area (TPSA) is 111 Å². The molecule has 4 atom stereocenters. The van der Waals surface area contributed by atoms with Crippen LogP contribution in [0.25, 0.3) is 0 Å². The van der Waals surface area contributed by atoms with Gasteiger partial charge in [0.25, 0.3) is 0 Å². The monoisotopic (exact) mass is 315 g/mol. The number of halogens is 2. The summed E-state index contributed by atoms with van der Waals surface area (Å²) in [6.45, 7) is -0.371. The number of ether oxygens (including phenoxy) is 1. The number of anilines is 1. The fourth-order valence-corrected chi connectivity index (χ4v) is 2.37. The molecule has 1 aromatic heterocycles. The summed E-state index contributed by atoms with van der Waals surface area (Å²) in [7, 11) is 0. The third kappa shape index (κ3) is 2.56. The molecule has 1 saturated heterocycles. The Balaban J connectivity index is 2.59. The van der Waals surface area contributed by atoms with Crippen LogP contribution >= 0.6 is 0 Å². The number of nitrogens with two attached hydrogens (primary N) is 1. The van der Waals surface area contributed by atoms with Crippen LogP contribution in [0.1, 0.15) is 11.9 Å². The van der Waals surface area contributed by atoms with Crippen molar-refractivity contribution < 1.29 is 23.7 Å². The van der Waals surface area contributed by atoms with E-state index >= 15 is 4.39 Å². The molecular formula is C13H15F2N3O4. The van der Waals surface area contributed by atoms with Crippen molar-refractivity contribution in [1.29, 1.82) is 0 Å². The number of hydrogen-bond donors (Lipinski definition) is 3. The molecule has 4 unspecified atom stereocenters. The number of nitrogens with zero attached hydrogens (tertiary/aromatic N) is 2. The number of aryl methyl sites for hydroxylation is 1. The van der Waals surface area contributed by atoms with Crippen molar-refractivity contribution in [2.45, 2.75) is 31.0 Å². The molecule has 9 heteroatoms. The molecule has 4 N–H and O–H groups in total. The van der Waals surface area contributed by atoms with Crippen LogP contribution in [-0.4, -0.2) is 50.9 Å². The summed E-state index contributed by atoms with van der Waals surface area (Å²) in [5, 5.41) is 19.1. The minimum absolute atomic E-state index is 0.0599. The molecule has 1 aliphatic heterocycles. The lowest BCUT2D eigenvalue weighted by molar-refractivity contribution is -0.0551. The van der Waals surface area contributed by atoms with E-state index in [1.54, 1.807) is 0 Å². The summed E-state index contributed by atoms with van der Waals surface area (Å²) in [4.78, 5) is 15.4. The lowest BCUT2D eigenvalue weighted by Gasteiger charge is -2.25. The van der Waals surface area contributed by atoms with Crippen LogP contribution in [0.3, 0.4) is 0 Å². The molecule has 0 spiro atoms. The molecule has 0 radical (unpaired) electrons. The van der Waals surface area contributed by atoms with Gasteiger partial charge < -0.3 is 20.7 Å². The number of aliphatic hydroxyl groups is 2. The van der Waals surface area contributed by atoms with Crippen LogP contribution < -0.4 is 11.4 Å². The Kier molecular flexibility index (Phi) is 4.46. The quantitative estimate of drug-likeness (QED) is 0.608. The van der Waals surface area contributed by atoms with E-state index < -0.39 is 43.1 Å². The molecule has 7 nitrogen and oxygen atoms in total. The number of rotatable bonds is 2. The molecule has 1 fully saturated rings. The normalized spacial score (nSPS) is 30.9. The van der Waals surface area contributed by atoms with Gasteiger partial charge in [0.1, 0.15) is 24.7 Å². The third-order valence-corrected chi connectivity index (χ3v) is 3.37. The van der Waals surface area contributed by atoms with E-state index in [4.69, 9.17) is 15.6 Å². The van der Waals surface area contributed by atoms with Crippen molar-refractivity contribution >= 4 is 5.82 Å². The first-order chi connectivity index (χ1) is 10.3. The Morgan fingerprint density at radius 3 is 2.86 bits per heavy atom. The predicted octanol–water partition coefficient (Wildman–Crippen LogP) is -0.934. The maximum absolute atomic E-state index is 15.1. The van der Waals surface area contributed by atoms with Crippen molar-refractivity contribution in [3.05, 3.63) is 22.2 Å². The second-order valence-electron chi connectivity index (χ2n) is 4.83. The maximum Gasteiger partial charge on any atom is 0.351 e. The Hall–Kier alpha value is -2.02. The predicted molar refractivity (Wildman–Crippen MR) is 72.2 cm³/mol. The molecule has 2 rings (SSSR count). The fraction of sp³-hybridized carbons (Fsp3) is 0.538. The average Bonchev–Trinajstić information content (AvgIpc) is 2.69. The Morgan fingerprint density at radius 1 is 1.64 bits per heavy atom. The first-order valence-corrected chi connectivity index (χ1v) is 6.40. The van der Waals surface area contributed by atoms with Crippen molar-refractivity contribution in [1.82, 2.24) is 9.55 Å². The van der Waals surface area contributed by atoms with Gasteiger partial charge in [0.05, 0.1) is 6.61 Å². The van der Waals surface area contributed by atoms with Crippen molar-refractivity contribution in [3.63, 3.8) is 0 Å². The zero-order valence-corrected chi connectivity index (χ0v) is 11.7. The summed E-state index contributed by atoms with van der Waals surface area (Å²) in [6.07, 6.45) is -4.85. The standard InChI is InChI=1S/C13H15F2N3O4/c1-7-5-9(16)17-12(21)18(7)11-13(15,3-2-4-14)10(20)8(6-19)22-11/h5,8,10-11,19-20H,4,6H2,1H3,(H2,16,17,21). The van der Waals surface area contributed by atoms with Gasteiger partial charge in [0.2, 0.25) is 5.67 Å². The lowest BCUT2D eigenvalue weighted by Crippen LogP contribution is -2.45. The van der Waals surface area contributed by atoms with Crippen molar-refractivity contribution in [2.75, 3.05) is 19.0 Å². The van der Waals surface area contributed by atoms with Crippen molar-refractivity contribution in [3.8, 4) is 11.8 Å². The van der Waals surface area contributed by atoms with Gasteiger partial charge in [-0.1, -0.05) is 11.8 Å². The number of nitrogen functional groups attached to an aromatic ring is 1. The molecule has 0 aromatic carbocycles. The molecule has 1 aliphatic rings. The second-order valence-corrected chi connectivity index (χ2v) is 4.83. The van der Waals surface area contributed by atoms with Gasteiger partial charge in [0.15, 0.2) is 6.23 Å². The van der Waals surface area contributed by atoms with E-state index in [-0.39, 0.29) is 11.5 Å². The largest absolute Gasteiger partial charge is 0.394 e. The van der Waals surface area contributed by atoms with Crippen LogP contribution in [0, 0.1) is 18.8 Å². The maximum atomic E-state index is 15.1. The van der Waals surface area contributed by atoms with Gasteiger partial charge >= 0.3 is 5.69 Å². The zero-order valence-electron chi connectivity index (χ0n) is 11.7. The Morgan fingerprint density at radius 2 is 2.32 bits per heavy atom. The zero-order chi connectivity index (χ0) is 16.5.